The molecule has 1 N–H and O–H groups in total. The van der Waals surface area contributed by atoms with Gasteiger partial charge in [0, 0.05) is 26.2 Å². The molecule has 1 heterocycles. The van der Waals surface area contributed by atoms with Gasteiger partial charge in [-0.15, -0.1) is 0 Å². The van der Waals surface area contributed by atoms with E-state index in [1.807, 2.05) is 0 Å². The lowest BCUT2D eigenvalue weighted by Crippen LogP contribution is -2.42. The highest BCUT2D eigenvalue weighted by molar-refractivity contribution is 7.89. The monoisotopic (exact) mass is 263 g/mol. The summed E-state index contributed by atoms with van der Waals surface area (Å²) in [5, 5.41) is 2.89. The molecule has 0 bridgehead atoms. The van der Waals surface area contributed by atoms with E-state index in [1.54, 1.807) is 11.4 Å². The average Bonchev–Trinajstić information content (AvgIpc) is 2.26. The van der Waals surface area contributed by atoms with Crippen molar-refractivity contribution in [2.45, 2.75) is 12.8 Å². The van der Waals surface area contributed by atoms with E-state index in [0.29, 0.717) is 25.6 Å². The first-order valence-electron chi connectivity index (χ1n) is 6.23. The standard InChI is InChI=1S/C11H25N3O2S/c1-12-6-9-17(15,16)14-7-4-11(5-8-14)10-13(2)3/h11-12H,4-10H2,1-3H3. The maximum atomic E-state index is 11.9. The van der Waals surface area contributed by atoms with Crippen molar-refractivity contribution in [3.63, 3.8) is 0 Å². The Morgan fingerprint density at radius 2 is 1.88 bits per heavy atom. The normalized spacial score (nSPS) is 20.0. The molecule has 0 radical (unpaired) electrons. The fourth-order valence-corrected chi connectivity index (χ4v) is 3.73. The molecule has 102 valence electrons. The number of piperidine rings is 1. The van der Waals surface area contributed by atoms with Crippen molar-refractivity contribution in [1.82, 2.24) is 14.5 Å². The molecule has 17 heavy (non-hydrogen) atoms. The lowest BCUT2D eigenvalue weighted by molar-refractivity contribution is 0.225. The third kappa shape index (κ3) is 4.91. The molecule has 1 rings (SSSR count). The highest BCUT2D eigenvalue weighted by atomic mass is 32.2. The van der Waals surface area contributed by atoms with Gasteiger partial charge >= 0.3 is 0 Å². The minimum absolute atomic E-state index is 0.210. The number of nitrogens with one attached hydrogen (secondary N) is 1. The van der Waals surface area contributed by atoms with Gasteiger partial charge in [-0.3, -0.25) is 0 Å². The van der Waals surface area contributed by atoms with Crippen LogP contribution in [0, 0.1) is 5.92 Å². The largest absolute Gasteiger partial charge is 0.319 e. The number of hydrogen-bond donors (Lipinski definition) is 1. The lowest BCUT2D eigenvalue weighted by atomic mass is 9.98. The molecular weight excluding hydrogens is 238 g/mol. The molecule has 6 heteroatoms. The van der Waals surface area contributed by atoms with Gasteiger partial charge in [-0.2, -0.15) is 0 Å². The number of hydrogen-bond acceptors (Lipinski definition) is 4. The topological polar surface area (TPSA) is 52.7 Å². The van der Waals surface area contributed by atoms with Gasteiger partial charge in [-0.1, -0.05) is 0 Å². The second kappa shape index (κ2) is 6.68. The number of rotatable bonds is 6. The van der Waals surface area contributed by atoms with Gasteiger partial charge in [-0.05, 0) is 39.9 Å². The van der Waals surface area contributed by atoms with Crippen LogP contribution in [0.5, 0.6) is 0 Å². The summed E-state index contributed by atoms with van der Waals surface area (Å²) in [4.78, 5) is 2.18. The van der Waals surface area contributed by atoms with Crippen LogP contribution in [-0.2, 0) is 10.0 Å². The van der Waals surface area contributed by atoms with Gasteiger partial charge in [0.1, 0.15) is 0 Å². The van der Waals surface area contributed by atoms with E-state index in [9.17, 15) is 8.42 Å². The average molecular weight is 263 g/mol. The van der Waals surface area contributed by atoms with Crippen LogP contribution in [0.1, 0.15) is 12.8 Å². The van der Waals surface area contributed by atoms with Crippen molar-refractivity contribution in [1.29, 1.82) is 0 Å². The molecule has 0 aliphatic carbocycles. The quantitative estimate of drug-likeness (QED) is 0.722. The van der Waals surface area contributed by atoms with E-state index in [2.05, 4.69) is 24.3 Å². The van der Waals surface area contributed by atoms with E-state index < -0.39 is 10.0 Å². The van der Waals surface area contributed by atoms with Gasteiger partial charge in [0.05, 0.1) is 5.75 Å². The van der Waals surface area contributed by atoms with Crippen molar-refractivity contribution in [3.05, 3.63) is 0 Å². The molecule has 0 amide bonds. The molecule has 1 fully saturated rings. The molecule has 0 spiro atoms. The summed E-state index contributed by atoms with van der Waals surface area (Å²) in [7, 11) is 2.87. The summed E-state index contributed by atoms with van der Waals surface area (Å²) >= 11 is 0. The van der Waals surface area contributed by atoms with Crippen LogP contribution in [0.25, 0.3) is 0 Å². The summed E-state index contributed by atoms with van der Waals surface area (Å²) in [6.07, 6.45) is 1.97. The fourth-order valence-electron chi connectivity index (χ4n) is 2.25. The second-order valence-corrected chi connectivity index (χ2v) is 7.11. The number of sulfonamides is 1. The number of nitrogens with zero attached hydrogens (tertiary/aromatic N) is 2. The Labute approximate surface area is 105 Å². The van der Waals surface area contributed by atoms with Crippen LogP contribution in [0.4, 0.5) is 0 Å². The molecule has 0 unspecified atom stereocenters. The molecule has 0 atom stereocenters. The Bertz CT molecular complexity index is 309. The SMILES string of the molecule is CNCCS(=O)(=O)N1CCC(CN(C)C)CC1. The molecule has 5 nitrogen and oxygen atoms in total. The second-order valence-electron chi connectivity index (χ2n) is 5.02. The summed E-state index contributed by atoms with van der Waals surface area (Å²) in [5.74, 6) is 0.850. The Balaban J connectivity index is 2.40. The van der Waals surface area contributed by atoms with Gasteiger partial charge in [0.2, 0.25) is 10.0 Å². The Kier molecular flexibility index (Phi) is 5.85. The molecule has 1 aliphatic heterocycles. The van der Waals surface area contributed by atoms with Crippen molar-refractivity contribution >= 4 is 10.0 Å². The van der Waals surface area contributed by atoms with E-state index in [0.717, 1.165) is 19.4 Å². The third-order valence-electron chi connectivity index (χ3n) is 3.20. The lowest BCUT2D eigenvalue weighted by Gasteiger charge is -2.32. The predicted molar refractivity (Wildman–Crippen MR) is 70.6 cm³/mol. The third-order valence-corrected chi connectivity index (χ3v) is 5.07. The minimum Gasteiger partial charge on any atom is -0.319 e. The zero-order valence-electron chi connectivity index (χ0n) is 11.1. The molecule has 1 saturated heterocycles. The van der Waals surface area contributed by atoms with Crippen LogP contribution in [0.15, 0.2) is 0 Å². The summed E-state index contributed by atoms with van der Waals surface area (Å²) in [6, 6.07) is 0. The van der Waals surface area contributed by atoms with Crippen LogP contribution < -0.4 is 5.32 Å². The van der Waals surface area contributed by atoms with Crippen molar-refractivity contribution in [3.8, 4) is 0 Å². The molecule has 1 aliphatic rings. The zero-order chi connectivity index (χ0) is 12.9. The highest BCUT2D eigenvalue weighted by Gasteiger charge is 2.27. The van der Waals surface area contributed by atoms with Crippen LogP contribution in [0.2, 0.25) is 0 Å². The Hall–Kier alpha value is -0.170. The fraction of sp³-hybridized carbons (Fsp3) is 1.00. The molecule has 0 aromatic rings. The zero-order valence-corrected chi connectivity index (χ0v) is 12.0. The maximum Gasteiger partial charge on any atom is 0.215 e. The first-order chi connectivity index (χ1) is 7.95. The summed E-state index contributed by atoms with van der Waals surface area (Å²) in [6.45, 7) is 2.96. The Morgan fingerprint density at radius 1 is 1.29 bits per heavy atom. The molecule has 0 aromatic heterocycles. The van der Waals surface area contributed by atoms with Crippen molar-refractivity contribution < 1.29 is 8.42 Å². The summed E-state index contributed by atoms with van der Waals surface area (Å²) in [5.41, 5.74) is 0. The highest BCUT2D eigenvalue weighted by Crippen LogP contribution is 2.20. The predicted octanol–water partition coefficient (Wildman–Crippen LogP) is -0.191. The van der Waals surface area contributed by atoms with Crippen molar-refractivity contribution in [2.24, 2.45) is 5.92 Å². The van der Waals surface area contributed by atoms with Crippen LogP contribution >= 0.6 is 0 Å². The van der Waals surface area contributed by atoms with Crippen LogP contribution in [-0.4, -0.2) is 70.7 Å². The smallest absolute Gasteiger partial charge is 0.215 e. The Morgan fingerprint density at radius 3 is 2.35 bits per heavy atom. The van der Waals surface area contributed by atoms with Crippen LogP contribution in [0.3, 0.4) is 0 Å². The van der Waals surface area contributed by atoms with Gasteiger partial charge in [0.25, 0.3) is 0 Å². The van der Waals surface area contributed by atoms with E-state index >= 15 is 0 Å². The van der Waals surface area contributed by atoms with Gasteiger partial charge < -0.3 is 10.2 Å². The van der Waals surface area contributed by atoms with E-state index in [-0.39, 0.29) is 5.75 Å². The first kappa shape index (κ1) is 14.9. The first-order valence-corrected chi connectivity index (χ1v) is 7.84. The van der Waals surface area contributed by atoms with E-state index in [4.69, 9.17) is 0 Å². The molecule has 0 aromatic carbocycles. The van der Waals surface area contributed by atoms with Gasteiger partial charge in [0.15, 0.2) is 0 Å². The van der Waals surface area contributed by atoms with E-state index in [1.165, 1.54) is 0 Å². The van der Waals surface area contributed by atoms with Gasteiger partial charge in [-0.25, -0.2) is 12.7 Å². The summed E-state index contributed by atoms with van der Waals surface area (Å²) < 4.78 is 25.5. The van der Waals surface area contributed by atoms with Crippen molar-refractivity contribution in [2.75, 3.05) is 53.1 Å². The molecule has 0 saturated carbocycles. The maximum absolute atomic E-state index is 11.9. The minimum atomic E-state index is -3.04. The molecular formula is C11H25N3O2S.